The van der Waals surface area contributed by atoms with Gasteiger partial charge in [0.1, 0.15) is 11.2 Å². The highest BCUT2D eigenvalue weighted by atomic mass is 16.3. The van der Waals surface area contributed by atoms with Crippen molar-refractivity contribution in [3.8, 4) is 33.4 Å². The third kappa shape index (κ3) is 4.28. The lowest BCUT2D eigenvalue weighted by Gasteiger charge is -2.19. The zero-order valence-electron chi connectivity index (χ0n) is 35.1. The van der Waals surface area contributed by atoms with Crippen LogP contribution >= 0.6 is 0 Å². The smallest absolute Gasteiger partial charge is 0.136 e. The van der Waals surface area contributed by atoms with Gasteiger partial charge in [-0.15, -0.1) is 0 Å². The Morgan fingerprint density at radius 3 is 1.73 bits per heavy atom. The van der Waals surface area contributed by atoms with E-state index < -0.39 is 24.2 Å². The third-order valence-corrected chi connectivity index (χ3v) is 10.3. The molecule has 11 rings (SSSR count). The van der Waals surface area contributed by atoms with E-state index in [1.54, 1.807) is 0 Å². The summed E-state index contributed by atoms with van der Waals surface area (Å²) in [6.07, 6.45) is 0. The summed E-state index contributed by atoms with van der Waals surface area (Å²) < 4.78 is 79.3. The predicted molar refractivity (Wildman–Crippen MR) is 218 cm³/mol. The zero-order valence-corrected chi connectivity index (χ0v) is 27.1. The van der Waals surface area contributed by atoms with Crippen molar-refractivity contribution in [2.45, 2.75) is 0 Å². The van der Waals surface area contributed by atoms with E-state index in [1.165, 1.54) is 0 Å². The van der Waals surface area contributed by atoms with Crippen molar-refractivity contribution < 1.29 is 15.4 Å². The van der Waals surface area contributed by atoms with Crippen LogP contribution in [0.5, 0.6) is 0 Å². The van der Waals surface area contributed by atoms with Gasteiger partial charge >= 0.3 is 0 Å². The summed E-state index contributed by atoms with van der Waals surface area (Å²) in [6.45, 7) is 0. The van der Waals surface area contributed by atoms with Crippen molar-refractivity contribution in [1.82, 2.24) is 0 Å². The average molecular weight is 655 g/mol. The molecule has 0 N–H and O–H groups in total. The first-order valence-corrected chi connectivity index (χ1v) is 16.9. The molecule has 1 aromatic heterocycles. The van der Waals surface area contributed by atoms with Gasteiger partial charge in [0, 0.05) is 10.8 Å². The van der Waals surface area contributed by atoms with Gasteiger partial charge in [0.05, 0.1) is 11.0 Å². The number of benzene rings is 10. The third-order valence-electron chi connectivity index (χ3n) is 10.3. The summed E-state index contributed by atoms with van der Waals surface area (Å²) in [5, 5.41) is 8.61. The van der Waals surface area contributed by atoms with E-state index in [4.69, 9.17) is 9.90 Å². The SMILES string of the molecule is [2H]c1c([2H])c([2H])c2c(-c3cccc4cc(-c5ccc6c(c5)oc5ccc7ccccc7c56)ccc34)c3c([2H])c([2H])c([2H])c([2H])c3c(-c3ccc4ccccc4c3)c2c1[2H]. The summed E-state index contributed by atoms with van der Waals surface area (Å²) in [6, 6.07) is 41.0. The molecule has 0 fully saturated rings. The first-order valence-electron chi connectivity index (χ1n) is 20.9. The molecule has 1 heteroatoms. The van der Waals surface area contributed by atoms with E-state index in [2.05, 4.69) is 36.4 Å². The Morgan fingerprint density at radius 2 is 0.941 bits per heavy atom. The minimum atomic E-state index is -0.426. The Balaban J connectivity index is 1.20. The molecule has 0 bridgehead atoms. The largest absolute Gasteiger partial charge is 0.456 e. The van der Waals surface area contributed by atoms with E-state index in [0.29, 0.717) is 22.3 Å². The molecule has 0 saturated heterocycles. The van der Waals surface area contributed by atoms with E-state index in [1.807, 2.05) is 97.1 Å². The fourth-order valence-electron chi connectivity index (χ4n) is 7.93. The monoisotopic (exact) mass is 654 g/mol. The van der Waals surface area contributed by atoms with E-state index >= 15 is 0 Å². The van der Waals surface area contributed by atoms with Crippen molar-refractivity contribution in [1.29, 1.82) is 0 Å². The Labute approximate surface area is 305 Å². The maximum absolute atomic E-state index is 9.42. The lowest BCUT2D eigenvalue weighted by atomic mass is 9.84. The van der Waals surface area contributed by atoms with Gasteiger partial charge in [0.2, 0.25) is 0 Å². The van der Waals surface area contributed by atoms with Crippen molar-refractivity contribution >= 4 is 75.8 Å². The first-order chi connectivity index (χ1) is 28.6. The van der Waals surface area contributed by atoms with E-state index in [-0.39, 0.29) is 45.7 Å². The Morgan fingerprint density at radius 1 is 0.353 bits per heavy atom. The highest BCUT2D eigenvalue weighted by molar-refractivity contribution is 6.24. The second-order valence-corrected chi connectivity index (χ2v) is 13.0. The van der Waals surface area contributed by atoms with Crippen molar-refractivity contribution in [2.24, 2.45) is 0 Å². The number of fused-ring (bicyclic) bond motifs is 9. The van der Waals surface area contributed by atoms with Gasteiger partial charge in [-0.05, 0) is 118 Å². The molecule has 11 aromatic rings. The average Bonchev–Trinajstić information content (AvgIpc) is 3.66. The van der Waals surface area contributed by atoms with Gasteiger partial charge in [-0.25, -0.2) is 0 Å². The highest BCUT2D eigenvalue weighted by Gasteiger charge is 2.19. The molecule has 0 spiro atoms. The van der Waals surface area contributed by atoms with Crippen molar-refractivity contribution in [3.63, 3.8) is 0 Å². The van der Waals surface area contributed by atoms with Crippen molar-refractivity contribution in [3.05, 3.63) is 182 Å². The minimum absolute atomic E-state index is 0.191. The molecule has 0 aliphatic heterocycles. The maximum Gasteiger partial charge on any atom is 0.136 e. The Hall–Kier alpha value is -6.70. The summed E-state index contributed by atoms with van der Waals surface area (Å²) >= 11 is 0. The lowest BCUT2D eigenvalue weighted by Crippen LogP contribution is -1.92. The van der Waals surface area contributed by atoms with Crippen LogP contribution in [0.2, 0.25) is 0 Å². The molecule has 0 unspecified atom stereocenters. The van der Waals surface area contributed by atoms with E-state index in [0.717, 1.165) is 65.4 Å². The molecule has 1 heterocycles. The molecular weight excluding hydrogens is 617 g/mol. The molecule has 0 aliphatic rings. The lowest BCUT2D eigenvalue weighted by molar-refractivity contribution is 0.669. The fraction of sp³-hybridized carbons (Fsp3) is 0. The summed E-state index contributed by atoms with van der Waals surface area (Å²) in [5.41, 5.74) is 5.31. The van der Waals surface area contributed by atoms with Crippen LogP contribution in [0.4, 0.5) is 0 Å². The van der Waals surface area contributed by atoms with Crippen LogP contribution in [-0.4, -0.2) is 0 Å². The molecule has 0 atom stereocenters. The minimum Gasteiger partial charge on any atom is -0.456 e. The normalized spacial score (nSPS) is 14.1. The van der Waals surface area contributed by atoms with E-state index in [9.17, 15) is 5.48 Å². The maximum atomic E-state index is 9.42. The van der Waals surface area contributed by atoms with Crippen molar-refractivity contribution in [2.75, 3.05) is 0 Å². The van der Waals surface area contributed by atoms with Gasteiger partial charge in [0.15, 0.2) is 0 Å². The van der Waals surface area contributed by atoms with Gasteiger partial charge in [0.25, 0.3) is 0 Å². The van der Waals surface area contributed by atoms with Crippen LogP contribution < -0.4 is 0 Å². The summed E-state index contributed by atoms with van der Waals surface area (Å²) in [4.78, 5) is 0. The molecule has 0 radical (unpaired) electrons. The fourth-order valence-corrected chi connectivity index (χ4v) is 7.93. The second kappa shape index (κ2) is 10.9. The molecule has 0 aliphatic carbocycles. The Bertz CT molecular complexity index is 3580. The van der Waals surface area contributed by atoms with Gasteiger partial charge in [-0.3, -0.25) is 0 Å². The molecule has 236 valence electrons. The quantitative estimate of drug-likeness (QED) is 0.173. The zero-order chi connectivity index (χ0) is 40.4. The standard InChI is InChI=1S/C50H30O/c1-2-12-33-29-37(21-20-31(33)10-1)48-41-15-5-7-17-43(41)49(44-18-8-6-16-42(44)48)40-19-9-13-36-28-34(22-25-38(36)40)35-23-26-45-47(30-35)51-46-27-24-32-11-3-4-14-39(32)50(45)46/h1-30H/i5D,6D,7D,8D,15D,16D,17D,18D. The van der Waals surface area contributed by atoms with Gasteiger partial charge in [-0.1, -0.05) is 151 Å². The molecular formula is C50H30O. The molecule has 10 aromatic carbocycles. The number of rotatable bonds is 3. The molecule has 0 saturated carbocycles. The first kappa shape index (κ1) is 21.4. The second-order valence-electron chi connectivity index (χ2n) is 13.0. The topological polar surface area (TPSA) is 13.1 Å². The highest BCUT2D eigenvalue weighted by Crippen LogP contribution is 2.46. The number of hydrogen-bond donors (Lipinski definition) is 0. The van der Waals surface area contributed by atoms with Crippen LogP contribution in [0, 0.1) is 0 Å². The summed E-state index contributed by atoms with van der Waals surface area (Å²) in [5.74, 6) is 0. The van der Waals surface area contributed by atoms with Crippen LogP contribution in [-0.2, 0) is 0 Å². The van der Waals surface area contributed by atoms with Gasteiger partial charge < -0.3 is 4.42 Å². The number of hydrogen-bond acceptors (Lipinski definition) is 1. The Kier molecular flexibility index (Phi) is 4.57. The predicted octanol–water partition coefficient (Wildman–Crippen LogP) is 14.4. The molecule has 0 amide bonds. The summed E-state index contributed by atoms with van der Waals surface area (Å²) in [7, 11) is 0. The molecule has 1 nitrogen and oxygen atoms in total. The van der Waals surface area contributed by atoms with Gasteiger partial charge in [-0.2, -0.15) is 0 Å². The van der Waals surface area contributed by atoms with Crippen LogP contribution in [0.3, 0.4) is 0 Å². The number of furan rings is 1. The molecule has 51 heavy (non-hydrogen) atoms. The van der Waals surface area contributed by atoms with Crippen LogP contribution in [0.25, 0.3) is 109 Å². The van der Waals surface area contributed by atoms with Crippen LogP contribution in [0.1, 0.15) is 11.0 Å². The van der Waals surface area contributed by atoms with Crippen LogP contribution in [0.15, 0.2) is 186 Å².